The summed E-state index contributed by atoms with van der Waals surface area (Å²) >= 11 is 1.30. The predicted octanol–water partition coefficient (Wildman–Crippen LogP) is 7.13. The average molecular weight is 648 g/mol. The summed E-state index contributed by atoms with van der Waals surface area (Å²) in [7, 11) is 1.63. The zero-order valence-corrected chi connectivity index (χ0v) is 28.7. The molecule has 2 aliphatic carbocycles. The topological polar surface area (TPSA) is 106 Å². The Hall–Kier alpha value is -3.50. The lowest BCUT2D eigenvalue weighted by Crippen LogP contribution is -2.53. The van der Waals surface area contributed by atoms with Crippen molar-refractivity contribution in [2.24, 2.45) is 23.7 Å². The summed E-state index contributed by atoms with van der Waals surface area (Å²) < 4.78 is 21.2. The van der Waals surface area contributed by atoms with Crippen LogP contribution in [0.4, 0.5) is 0 Å². The number of fused-ring (bicyclic) bond motifs is 2. The summed E-state index contributed by atoms with van der Waals surface area (Å²) in [5.41, 5.74) is -0.899. The van der Waals surface area contributed by atoms with Crippen LogP contribution in [0, 0.1) is 30.6 Å². The highest BCUT2D eigenvalue weighted by molar-refractivity contribution is 7.22. The summed E-state index contributed by atoms with van der Waals surface area (Å²) in [4.78, 5) is 48.1. The van der Waals surface area contributed by atoms with Crippen molar-refractivity contribution in [1.29, 1.82) is 0 Å². The summed E-state index contributed by atoms with van der Waals surface area (Å²) in [5.74, 6) is 3.02. The summed E-state index contributed by atoms with van der Waals surface area (Å²) in [6.07, 6.45) is 7.25. The van der Waals surface area contributed by atoms with Gasteiger partial charge in [0, 0.05) is 12.0 Å². The number of aromatic nitrogens is 3. The number of benzene rings is 1. The van der Waals surface area contributed by atoms with Crippen LogP contribution in [0.5, 0.6) is 5.75 Å². The number of oxazole rings is 1. The normalized spacial score (nSPS) is 22.1. The molecule has 3 aromatic heterocycles. The van der Waals surface area contributed by atoms with Crippen LogP contribution >= 0.6 is 11.3 Å². The van der Waals surface area contributed by atoms with Crippen LogP contribution in [0.3, 0.4) is 0 Å². The molecular weight excluding hydrogens is 602 g/mol. The fourth-order valence-corrected chi connectivity index (χ4v) is 9.05. The Morgan fingerprint density at radius 1 is 1.13 bits per heavy atom. The number of ether oxygens (including phenoxy) is 2. The molecule has 2 saturated carbocycles. The van der Waals surface area contributed by atoms with Crippen molar-refractivity contribution in [3.8, 4) is 16.5 Å². The molecule has 0 aliphatic heterocycles. The van der Waals surface area contributed by atoms with E-state index in [1.807, 2.05) is 45.0 Å². The summed E-state index contributed by atoms with van der Waals surface area (Å²) in [5, 5.41) is 0.381. The van der Waals surface area contributed by atoms with Gasteiger partial charge in [0.1, 0.15) is 28.5 Å². The van der Waals surface area contributed by atoms with E-state index in [1.54, 1.807) is 31.7 Å². The van der Waals surface area contributed by atoms with Crippen molar-refractivity contribution in [1.82, 2.24) is 14.1 Å². The molecule has 9 nitrogen and oxygen atoms in total. The van der Waals surface area contributed by atoms with Gasteiger partial charge in [-0.3, -0.25) is 14.2 Å². The van der Waals surface area contributed by atoms with E-state index in [1.165, 1.54) is 30.4 Å². The van der Waals surface area contributed by atoms with Gasteiger partial charge in [0.25, 0.3) is 5.56 Å². The third kappa shape index (κ3) is 5.79. The van der Waals surface area contributed by atoms with Gasteiger partial charge in [-0.25, -0.2) is 14.3 Å². The maximum absolute atomic E-state index is 14.7. The van der Waals surface area contributed by atoms with Crippen LogP contribution in [0.1, 0.15) is 84.0 Å². The van der Waals surface area contributed by atoms with Crippen molar-refractivity contribution >= 4 is 27.3 Å². The molecule has 3 unspecified atom stereocenters. The van der Waals surface area contributed by atoms with E-state index in [0.29, 0.717) is 44.1 Å². The number of aryl methyl sites for hydroxylation is 1. The van der Waals surface area contributed by atoms with Gasteiger partial charge in [-0.1, -0.05) is 39.0 Å². The van der Waals surface area contributed by atoms with Gasteiger partial charge < -0.3 is 13.9 Å². The van der Waals surface area contributed by atoms with Crippen LogP contribution in [-0.4, -0.2) is 33.1 Å². The molecule has 0 spiro atoms. The highest BCUT2D eigenvalue weighted by Gasteiger charge is 2.42. The molecule has 5 atom stereocenters. The highest BCUT2D eigenvalue weighted by atomic mass is 32.1. The lowest BCUT2D eigenvalue weighted by molar-refractivity contribution is -0.127. The lowest BCUT2D eigenvalue weighted by Gasteiger charge is -2.29. The Morgan fingerprint density at radius 2 is 1.83 bits per heavy atom. The molecule has 4 aromatic rings. The molecule has 0 radical (unpaired) electrons. The smallest absolute Gasteiger partial charge is 0.333 e. The Labute approximate surface area is 273 Å². The first-order valence-corrected chi connectivity index (χ1v) is 17.2. The Bertz CT molecular complexity index is 1840. The molecule has 0 bridgehead atoms. The average Bonchev–Trinajstić information content (AvgIpc) is 3.78. The third-order valence-electron chi connectivity index (χ3n) is 10.1. The zero-order valence-electron chi connectivity index (χ0n) is 27.9. The second-order valence-electron chi connectivity index (χ2n) is 14.2. The molecule has 246 valence electrons. The molecule has 0 saturated heterocycles. The first-order chi connectivity index (χ1) is 21.9. The highest BCUT2D eigenvalue weighted by Crippen LogP contribution is 2.49. The van der Waals surface area contributed by atoms with E-state index >= 15 is 0 Å². The monoisotopic (exact) mass is 647 g/mol. The second kappa shape index (κ2) is 12.6. The van der Waals surface area contributed by atoms with Gasteiger partial charge in [0.2, 0.25) is 5.89 Å². The van der Waals surface area contributed by atoms with E-state index in [4.69, 9.17) is 13.9 Å². The van der Waals surface area contributed by atoms with Gasteiger partial charge >= 0.3 is 5.69 Å². The number of thiophene rings is 1. The standard InChI is InChI=1S/C36H45N3O6S/c1-20(2)14-29(40)36(5,6)39-33(41)30-22(4)31(32-37-12-13-44-32)46-34(30)38(35(39)42)19-28(26-10-8-9-11-27(26)43-7)45-25-17-23-15-21(3)16-24(23)18-25/h8-13,20-21,23-25,28H,14-19H2,1-7H3/t21?,23-,24+,25?,28?. The van der Waals surface area contributed by atoms with E-state index in [2.05, 4.69) is 11.9 Å². The van der Waals surface area contributed by atoms with Crippen LogP contribution in [0.15, 0.2) is 50.7 Å². The fraction of sp³-hybridized carbons (Fsp3) is 0.556. The quantitative estimate of drug-likeness (QED) is 0.171. The minimum Gasteiger partial charge on any atom is -0.496 e. The first-order valence-electron chi connectivity index (χ1n) is 16.4. The summed E-state index contributed by atoms with van der Waals surface area (Å²) in [6, 6.07) is 7.74. The number of Topliss-reactive ketones (excluding diaryl/α,β-unsaturated/α-hetero) is 1. The van der Waals surface area contributed by atoms with Gasteiger partial charge in [-0.15, -0.1) is 11.3 Å². The van der Waals surface area contributed by atoms with Crippen molar-refractivity contribution in [2.45, 2.75) is 97.9 Å². The first kappa shape index (κ1) is 32.4. The van der Waals surface area contributed by atoms with Crippen molar-refractivity contribution < 1.29 is 18.7 Å². The molecular formula is C36H45N3O6S. The molecule has 46 heavy (non-hydrogen) atoms. The molecule has 0 N–H and O–H groups in total. The minimum absolute atomic E-state index is 0.0477. The SMILES string of the molecule is COc1ccccc1C(Cn1c(=O)n(C(C)(C)C(=O)CC(C)C)c(=O)c2c(C)c(-c3ncco3)sc21)OC1C[C@H]2CC(C)C[C@H]2C1. The fourth-order valence-electron chi connectivity index (χ4n) is 7.81. The Kier molecular flexibility index (Phi) is 8.89. The number of hydrogen-bond donors (Lipinski definition) is 0. The number of ketones is 1. The summed E-state index contributed by atoms with van der Waals surface area (Å²) in [6.45, 7) is 11.6. The molecule has 2 aliphatic rings. The number of methoxy groups -OCH3 is 1. The maximum atomic E-state index is 14.7. The van der Waals surface area contributed by atoms with Crippen LogP contribution < -0.4 is 16.0 Å². The molecule has 10 heteroatoms. The van der Waals surface area contributed by atoms with Crippen LogP contribution in [0.25, 0.3) is 21.0 Å². The van der Waals surface area contributed by atoms with E-state index < -0.39 is 22.9 Å². The number of nitrogens with zero attached hydrogens (tertiary/aromatic N) is 3. The molecule has 1 aromatic carbocycles. The van der Waals surface area contributed by atoms with E-state index in [9.17, 15) is 14.4 Å². The Balaban J connectivity index is 1.52. The molecule has 0 amide bonds. The molecule has 3 heterocycles. The number of carbonyl (C=O) groups is 1. The van der Waals surface area contributed by atoms with Gasteiger partial charge in [0.15, 0.2) is 5.78 Å². The van der Waals surface area contributed by atoms with Crippen molar-refractivity contribution in [2.75, 3.05) is 7.11 Å². The van der Waals surface area contributed by atoms with Gasteiger partial charge in [-0.2, -0.15) is 0 Å². The Morgan fingerprint density at radius 3 is 2.46 bits per heavy atom. The molecule has 2 fully saturated rings. The number of rotatable bonds is 11. The number of hydrogen-bond acceptors (Lipinski definition) is 8. The van der Waals surface area contributed by atoms with Crippen molar-refractivity contribution in [3.05, 3.63) is 68.7 Å². The minimum atomic E-state index is -1.37. The third-order valence-corrected chi connectivity index (χ3v) is 11.4. The van der Waals surface area contributed by atoms with Gasteiger partial charge in [0.05, 0.1) is 36.2 Å². The second-order valence-corrected chi connectivity index (χ2v) is 15.2. The lowest BCUT2D eigenvalue weighted by atomic mass is 9.91. The van der Waals surface area contributed by atoms with E-state index in [0.717, 1.165) is 28.9 Å². The van der Waals surface area contributed by atoms with Crippen LogP contribution in [-0.2, 0) is 21.6 Å². The number of carbonyl (C=O) groups excluding carboxylic acids is 1. The molecule has 6 rings (SSSR count). The maximum Gasteiger partial charge on any atom is 0.333 e. The van der Waals surface area contributed by atoms with Crippen LogP contribution in [0.2, 0.25) is 0 Å². The van der Waals surface area contributed by atoms with Gasteiger partial charge in [-0.05, 0) is 81.8 Å². The number of para-hydroxylation sites is 1. The largest absolute Gasteiger partial charge is 0.496 e. The predicted molar refractivity (Wildman–Crippen MR) is 180 cm³/mol. The van der Waals surface area contributed by atoms with Crippen molar-refractivity contribution in [3.63, 3.8) is 0 Å². The van der Waals surface area contributed by atoms with E-state index in [-0.39, 0.29) is 30.8 Å². The zero-order chi connectivity index (χ0) is 32.9.